The van der Waals surface area contributed by atoms with Crippen LogP contribution in [0.3, 0.4) is 0 Å². The van der Waals surface area contributed by atoms with E-state index in [0.717, 1.165) is 40.7 Å². The summed E-state index contributed by atoms with van der Waals surface area (Å²) in [4.78, 5) is 53.6. The second kappa shape index (κ2) is 13.9. The molecule has 0 spiro atoms. The maximum Gasteiger partial charge on any atom is 0.338 e. The van der Waals surface area contributed by atoms with Crippen LogP contribution in [0.1, 0.15) is 56.3 Å². The van der Waals surface area contributed by atoms with Gasteiger partial charge in [0.05, 0.1) is 55.9 Å². The highest BCUT2D eigenvalue weighted by molar-refractivity contribution is 9.10. The molecule has 1 atom stereocenters. The lowest BCUT2D eigenvalue weighted by Crippen LogP contribution is -2.39. The highest BCUT2D eigenvalue weighted by atomic mass is 79.9. The standard InChI is InChI=1S/C33H29BrN4O9S/c1-6-46-32(40)28-18(4)35-33-36(29(28)21-9-7-20(8-10-21)17(2)3)31(39)27(48-33)15-19-13-23(34)30(26(14-19)45-5)47-25-12-11-22(37(41)42)16-24(25)38(43)44/h7-17,29H,6H2,1-5H3/b27-15-/t29-/m0/s1. The van der Waals surface area contributed by atoms with Gasteiger partial charge in [-0.3, -0.25) is 29.6 Å². The number of rotatable bonds is 10. The molecule has 0 bridgehead atoms. The minimum Gasteiger partial charge on any atom is -0.493 e. The number of hydrogen-bond donors (Lipinski definition) is 0. The van der Waals surface area contributed by atoms with Crippen molar-refractivity contribution in [3.05, 3.63) is 127 Å². The maximum atomic E-state index is 14.1. The van der Waals surface area contributed by atoms with E-state index >= 15 is 0 Å². The van der Waals surface area contributed by atoms with Gasteiger partial charge < -0.3 is 14.2 Å². The van der Waals surface area contributed by atoms with Crippen LogP contribution in [0.5, 0.6) is 17.2 Å². The average Bonchev–Trinajstić information content (AvgIpc) is 3.34. The number of allylic oxidation sites excluding steroid dienone is 1. The number of benzene rings is 3. The first kappa shape index (κ1) is 34.2. The Morgan fingerprint density at radius 2 is 1.79 bits per heavy atom. The van der Waals surface area contributed by atoms with E-state index in [1.165, 1.54) is 11.7 Å². The fourth-order valence-corrected chi connectivity index (χ4v) is 6.79. The van der Waals surface area contributed by atoms with Crippen molar-refractivity contribution in [3.63, 3.8) is 0 Å². The van der Waals surface area contributed by atoms with E-state index in [1.54, 1.807) is 32.1 Å². The fraction of sp³-hybridized carbons (Fsp3) is 0.242. The third-order valence-electron chi connectivity index (χ3n) is 7.55. The Kier molecular flexibility index (Phi) is 9.91. The van der Waals surface area contributed by atoms with E-state index in [4.69, 9.17) is 14.2 Å². The SMILES string of the molecule is CCOC(=O)C1=C(C)N=c2s/c(=C\c3cc(Br)c(Oc4ccc([N+](=O)[O-])cc4[N+](=O)[O-])c(OC)c3)c(=O)n2[C@H]1c1ccc(C(C)C)cc1. The lowest BCUT2D eigenvalue weighted by Gasteiger charge is -2.25. The number of nitro benzene ring substituents is 2. The molecular weight excluding hydrogens is 708 g/mol. The Hall–Kier alpha value is -5.15. The molecule has 0 saturated carbocycles. The van der Waals surface area contributed by atoms with E-state index < -0.39 is 33.2 Å². The first-order valence-electron chi connectivity index (χ1n) is 14.6. The molecule has 1 aliphatic rings. The van der Waals surface area contributed by atoms with Crippen molar-refractivity contribution in [1.29, 1.82) is 0 Å². The van der Waals surface area contributed by atoms with E-state index in [9.17, 15) is 29.8 Å². The summed E-state index contributed by atoms with van der Waals surface area (Å²) in [6.07, 6.45) is 1.64. The highest BCUT2D eigenvalue weighted by Crippen LogP contribution is 2.43. The Balaban J connectivity index is 1.61. The molecule has 0 amide bonds. The molecule has 5 rings (SSSR count). The van der Waals surface area contributed by atoms with Gasteiger partial charge >= 0.3 is 11.7 Å². The molecule has 4 aromatic rings. The highest BCUT2D eigenvalue weighted by Gasteiger charge is 2.33. The monoisotopic (exact) mass is 736 g/mol. The molecular formula is C33H29BrN4O9S. The molecule has 15 heteroatoms. The number of esters is 1. The zero-order chi connectivity index (χ0) is 34.9. The normalized spacial score (nSPS) is 14.4. The Bertz CT molecular complexity index is 2170. The predicted molar refractivity (Wildman–Crippen MR) is 181 cm³/mol. The number of methoxy groups -OCH3 is 1. The molecule has 3 aromatic carbocycles. The van der Waals surface area contributed by atoms with Crippen molar-refractivity contribution in [1.82, 2.24) is 4.57 Å². The lowest BCUT2D eigenvalue weighted by atomic mass is 9.93. The molecule has 0 saturated heterocycles. The summed E-state index contributed by atoms with van der Waals surface area (Å²) in [5.74, 6) is -0.254. The number of carbonyl (C=O) groups is 1. The summed E-state index contributed by atoms with van der Waals surface area (Å²) in [5, 5.41) is 22.8. The number of thiazole rings is 1. The first-order chi connectivity index (χ1) is 22.8. The van der Waals surface area contributed by atoms with Crippen molar-refractivity contribution < 1.29 is 28.9 Å². The molecule has 0 unspecified atom stereocenters. The molecule has 1 aliphatic heterocycles. The van der Waals surface area contributed by atoms with Crippen LogP contribution in [0.25, 0.3) is 6.08 Å². The van der Waals surface area contributed by atoms with Crippen molar-refractivity contribution in [2.24, 2.45) is 4.99 Å². The predicted octanol–water partition coefficient (Wildman–Crippen LogP) is 6.30. The fourth-order valence-electron chi connectivity index (χ4n) is 5.20. The van der Waals surface area contributed by atoms with Crippen molar-refractivity contribution >= 4 is 50.7 Å². The molecule has 1 aromatic heterocycles. The second-order valence-electron chi connectivity index (χ2n) is 10.9. The summed E-state index contributed by atoms with van der Waals surface area (Å²) < 4.78 is 18.9. The van der Waals surface area contributed by atoms with Crippen LogP contribution >= 0.6 is 27.3 Å². The molecule has 0 fully saturated rings. The van der Waals surface area contributed by atoms with E-state index in [1.807, 2.05) is 24.3 Å². The maximum absolute atomic E-state index is 14.1. The summed E-state index contributed by atoms with van der Waals surface area (Å²) in [5.41, 5.74) is 1.65. The van der Waals surface area contributed by atoms with E-state index in [2.05, 4.69) is 34.8 Å². The lowest BCUT2D eigenvalue weighted by molar-refractivity contribution is -0.394. The zero-order valence-corrected chi connectivity index (χ0v) is 28.8. The summed E-state index contributed by atoms with van der Waals surface area (Å²) >= 11 is 4.58. The number of nitrogens with zero attached hydrogens (tertiary/aromatic N) is 4. The number of ether oxygens (including phenoxy) is 3. The summed E-state index contributed by atoms with van der Waals surface area (Å²) in [6.45, 7) is 7.75. The van der Waals surface area contributed by atoms with Gasteiger partial charge in [-0.1, -0.05) is 49.4 Å². The van der Waals surface area contributed by atoms with Crippen LogP contribution in [0.4, 0.5) is 11.4 Å². The van der Waals surface area contributed by atoms with Gasteiger partial charge in [-0.05, 0) is 76.7 Å². The van der Waals surface area contributed by atoms with Crippen molar-refractivity contribution in [2.45, 2.75) is 39.7 Å². The number of hydrogen-bond acceptors (Lipinski definition) is 11. The van der Waals surface area contributed by atoms with Gasteiger partial charge in [-0.25, -0.2) is 9.79 Å². The van der Waals surface area contributed by atoms with Gasteiger partial charge in [0.1, 0.15) is 0 Å². The van der Waals surface area contributed by atoms with E-state index in [-0.39, 0.29) is 35.0 Å². The zero-order valence-electron chi connectivity index (χ0n) is 26.4. The topological polar surface area (TPSA) is 165 Å². The third kappa shape index (κ3) is 6.64. The van der Waals surface area contributed by atoms with Gasteiger partial charge in [0.2, 0.25) is 5.75 Å². The average molecular weight is 738 g/mol. The second-order valence-corrected chi connectivity index (χ2v) is 12.8. The number of halogens is 1. The van der Waals surface area contributed by atoms with Gasteiger partial charge in [0, 0.05) is 6.07 Å². The largest absolute Gasteiger partial charge is 0.493 e. The van der Waals surface area contributed by atoms with Crippen LogP contribution in [0, 0.1) is 20.2 Å². The molecule has 0 aliphatic carbocycles. The minimum atomic E-state index is -0.780. The van der Waals surface area contributed by atoms with Crippen molar-refractivity contribution in [3.8, 4) is 17.2 Å². The summed E-state index contributed by atoms with van der Waals surface area (Å²) in [7, 11) is 1.38. The molecule has 248 valence electrons. The Morgan fingerprint density at radius 1 is 1.08 bits per heavy atom. The number of non-ortho nitro benzene ring substituents is 1. The molecule has 48 heavy (non-hydrogen) atoms. The molecule has 2 heterocycles. The molecule has 13 nitrogen and oxygen atoms in total. The minimum absolute atomic E-state index is 0.0765. The van der Waals surface area contributed by atoms with Crippen LogP contribution in [0.2, 0.25) is 0 Å². The van der Waals surface area contributed by atoms with Gasteiger partial charge in [0.15, 0.2) is 16.3 Å². The van der Waals surface area contributed by atoms with Gasteiger partial charge in [-0.2, -0.15) is 0 Å². The van der Waals surface area contributed by atoms with Crippen LogP contribution in [-0.4, -0.2) is 34.1 Å². The number of nitro groups is 2. The van der Waals surface area contributed by atoms with Crippen LogP contribution < -0.4 is 24.4 Å². The summed E-state index contributed by atoms with van der Waals surface area (Å²) in [6, 6.07) is 13.3. The van der Waals surface area contributed by atoms with Crippen molar-refractivity contribution in [2.75, 3.05) is 13.7 Å². The van der Waals surface area contributed by atoms with Crippen LogP contribution in [0.15, 0.2) is 80.1 Å². The van der Waals surface area contributed by atoms with E-state index in [0.29, 0.717) is 31.0 Å². The first-order valence-corrected chi connectivity index (χ1v) is 16.2. The smallest absolute Gasteiger partial charge is 0.338 e. The van der Waals surface area contributed by atoms with Gasteiger partial charge in [0.25, 0.3) is 11.2 Å². The van der Waals surface area contributed by atoms with Gasteiger partial charge in [-0.15, -0.1) is 0 Å². The number of carbonyl (C=O) groups excluding carboxylic acids is 1. The van der Waals surface area contributed by atoms with Crippen LogP contribution in [-0.2, 0) is 9.53 Å². The molecule has 0 radical (unpaired) electrons. The number of aromatic nitrogens is 1. The third-order valence-corrected chi connectivity index (χ3v) is 9.12. The Labute approximate surface area is 285 Å². The Morgan fingerprint density at radius 3 is 2.40 bits per heavy atom. The molecule has 0 N–H and O–H groups in total. The quantitative estimate of drug-likeness (QED) is 0.103. The number of fused-ring (bicyclic) bond motifs is 1.